The second-order valence-corrected chi connectivity index (χ2v) is 6.64. The van der Waals surface area contributed by atoms with Crippen molar-refractivity contribution < 1.29 is 9.50 Å². The minimum atomic E-state index is -0.829. The zero-order valence-corrected chi connectivity index (χ0v) is 12.2. The fraction of sp³-hybridized carbons (Fsp3) is 0.647. The molecule has 2 atom stereocenters. The Kier molecular flexibility index (Phi) is 4.29. The van der Waals surface area contributed by atoms with Crippen LogP contribution in [0.4, 0.5) is 4.39 Å². The Morgan fingerprint density at radius 2 is 2.11 bits per heavy atom. The summed E-state index contributed by atoms with van der Waals surface area (Å²) in [5.74, 6) is 0.971. The first kappa shape index (κ1) is 14.5. The van der Waals surface area contributed by atoms with E-state index < -0.39 is 5.60 Å². The molecule has 0 aromatic heterocycles. The third-order valence-corrected chi connectivity index (χ3v) is 4.21. The molecule has 1 aliphatic carbocycles. The minimum Gasteiger partial charge on any atom is -0.385 e. The first-order valence-electron chi connectivity index (χ1n) is 7.39. The summed E-state index contributed by atoms with van der Waals surface area (Å²) in [7, 11) is 0. The minimum absolute atomic E-state index is 0.241. The summed E-state index contributed by atoms with van der Waals surface area (Å²) in [5, 5.41) is 10.9. The third kappa shape index (κ3) is 3.56. The summed E-state index contributed by atoms with van der Waals surface area (Å²) >= 11 is 0. The van der Waals surface area contributed by atoms with Gasteiger partial charge in [-0.25, -0.2) is 4.39 Å². The Morgan fingerprint density at radius 3 is 2.74 bits per heavy atom. The van der Waals surface area contributed by atoms with Gasteiger partial charge in [-0.3, -0.25) is 0 Å². The van der Waals surface area contributed by atoms with Gasteiger partial charge in [-0.05, 0) is 67.7 Å². The van der Waals surface area contributed by atoms with Crippen molar-refractivity contribution in [3.63, 3.8) is 0 Å². The molecule has 1 aromatic rings. The van der Waals surface area contributed by atoms with E-state index in [0.717, 1.165) is 36.8 Å². The van der Waals surface area contributed by atoms with Gasteiger partial charge in [0.25, 0.3) is 0 Å². The second kappa shape index (κ2) is 5.62. The predicted molar refractivity (Wildman–Crippen MR) is 76.4 cm³/mol. The molecule has 0 aliphatic heterocycles. The van der Waals surface area contributed by atoms with E-state index in [0.29, 0.717) is 11.8 Å². The van der Waals surface area contributed by atoms with Gasteiger partial charge in [0.2, 0.25) is 0 Å². The highest BCUT2D eigenvalue weighted by Crippen LogP contribution is 2.42. The summed E-state index contributed by atoms with van der Waals surface area (Å²) in [4.78, 5) is 0. The van der Waals surface area contributed by atoms with E-state index in [9.17, 15) is 9.50 Å². The summed E-state index contributed by atoms with van der Waals surface area (Å²) in [6.07, 6.45) is 4.90. The van der Waals surface area contributed by atoms with Crippen molar-refractivity contribution in [1.29, 1.82) is 0 Å². The lowest BCUT2D eigenvalue weighted by Crippen LogP contribution is -2.33. The van der Waals surface area contributed by atoms with E-state index >= 15 is 0 Å². The van der Waals surface area contributed by atoms with E-state index in [1.807, 2.05) is 13.0 Å². The molecule has 2 unspecified atom stereocenters. The number of hydrogen-bond donors (Lipinski definition) is 1. The van der Waals surface area contributed by atoms with Crippen molar-refractivity contribution >= 4 is 0 Å². The lowest BCUT2D eigenvalue weighted by Gasteiger charge is -2.38. The van der Waals surface area contributed by atoms with E-state index in [2.05, 4.69) is 13.8 Å². The van der Waals surface area contributed by atoms with Gasteiger partial charge >= 0.3 is 0 Å². The average Bonchev–Trinajstić information content (AvgIpc) is 2.26. The molecule has 2 rings (SSSR count). The van der Waals surface area contributed by atoms with Gasteiger partial charge in [-0.15, -0.1) is 0 Å². The van der Waals surface area contributed by atoms with Crippen LogP contribution in [-0.2, 0) is 5.60 Å². The maximum Gasteiger partial charge on any atom is 0.123 e. The van der Waals surface area contributed by atoms with Gasteiger partial charge in [0, 0.05) is 0 Å². The molecule has 1 aliphatic rings. The number of rotatable bonds is 3. The Morgan fingerprint density at radius 1 is 1.37 bits per heavy atom. The van der Waals surface area contributed by atoms with Crippen molar-refractivity contribution in [3.8, 4) is 0 Å². The highest BCUT2D eigenvalue weighted by molar-refractivity contribution is 5.29. The maximum atomic E-state index is 13.5. The van der Waals surface area contributed by atoms with Crippen LogP contribution in [-0.4, -0.2) is 5.11 Å². The van der Waals surface area contributed by atoms with Crippen LogP contribution in [0.25, 0.3) is 0 Å². The molecule has 19 heavy (non-hydrogen) atoms. The molecule has 0 bridgehead atoms. The van der Waals surface area contributed by atoms with Crippen LogP contribution < -0.4 is 0 Å². The molecule has 1 fully saturated rings. The Labute approximate surface area is 115 Å². The molecule has 0 spiro atoms. The normalized spacial score (nSPS) is 27.8. The van der Waals surface area contributed by atoms with Crippen LogP contribution in [0, 0.1) is 24.6 Å². The molecule has 1 aromatic carbocycles. The topological polar surface area (TPSA) is 20.2 Å². The molecular formula is C17H25FO. The lowest BCUT2D eigenvalue weighted by atomic mass is 9.72. The first-order chi connectivity index (χ1) is 8.89. The van der Waals surface area contributed by atoms with Gasteiger partial charge < -0.3 is 5.11 Å². The van der Waals surface area contributed by atoms with E-state index in [-0.39, 0.29) is 5.82 Å². The van der Waals surface area contributed by atoms with Crippen molar-refractivity contribution in [2.75, 3.05) is 0 Å². The van der Waals surface area contributed by atoms with Crippen LogP contribution in [0.5, 0.6) is 0 Å². The van der Waals surface area contributed by atoms with Gasteiger partial charge in [0.15, 0.2) is 0 Å². The molecular weight excluding hydrogens is 239 g/mol. The van der Waals surface area contributed by atoms with Gasteiger partial charge in [0.1, 0.15) is 5.82 Å². The van der Waals surface area contributed by atoms with E-state index in [4.69, 9.17) is 0 Å². The summed E-state index contributed by atoms with van der Waals surface area (Å²) in [6, 6.07) is 4.95. The third-order valence-electron chi connectivity index (χ3n) is 4.21. The molecule has 0 saturated heterocycles. The van der Waals surface area contributed by atoms with Crippen LogP contribution in [0.15, 0.2) is 18.2 Å². The number of aryl methyl sites for hydroxylation is 1. The van der Waals surface area contributed by atoms with E-state index in [1.54, 1.807) is 0 Å². The van der Waals surface area contributed by atoms with Gasteiger partial charge in [0.05, 0.1) is 5.60 Å². The molecule has 1 saturated carbocycles. The van der Waals surface area contributed by atoms with Gasteiger partial charge in [-0.2, -0.15) is 0 Å². The fourth-order valence-corrected chi connectivity index (χ4v) is 3.50. The SMILES string of the molecule is Cc1cc(F)cc(C2(O)CCCC(CC(C)C)C2)c1. The van der Waals surface area contributed by atoms with Crippen molar-refractivity contribution in [1.82, 2.24) is 0 Å². The zero-order valence-electron chi connectivity index (χ0n) is 12.2. The molecule has 1 nitrogen and oxygen atoms in total. The standard InChI is InChI=1S/C17H25FO/c1-12(2)7-14-5-4-6-17(19,11-14)15-8-13(3)9-16(18)10-15/h8-10,12,14,19H,4-7,11H2,1-3H3. The van der Waals surface area contributed by atoms with Crippen LogP contribution >= 0.6 is 0 Å². The number of hydrogen-bond acceptors (Lipinski definition) is 1. The van der Waals surface area contributed by atoms with Crippen molar-refractivity contribution in [3.05, 3.63) is 35.1 Å². The highest BCUT2D eigenvalue weighted by Gasteiger charge is 2.36. The number of aliphatic hydroxyl groups is 1. The van der Waals surface area contributed by atoms with Crippen LogP contribution in [0.3, 0.4) is 0 Å². The largest absolute Gasteiger partial charge is 0.385 e. The summed E-state index contributed by atoms with van der Waals surface area (Å²) < 4.78 is 13.5. The zero-order chi connectivity index (χ0) is 14.0. The molecule has 1 N–H and O–H groups in total. The van der Waals surface area contributed by atoms with Crippen LogP contribution in [0.2, 0.25) is 0 Å². The lowest BCUT2D eigenvalue weighted by molar-refractivity contribution is -0.0247. The molecule has 106 valence electrons. The Balaban J connectivity index is 2.21. The summed E-state index contributed by atoms with van der Waals surface area (Å²) in [5.41, 5.74) is 0.817. The predicted octanol–water partition coefficient (Wildman–Crippen LogP) is 4.56. The fourth-order valence-electron chi connectivity index (χ4n) is 3.50. The first-order valence-corrected chi connectivity index (χ1v) is 7.39. The van der Waals surface area contributed by atoms with E-state index in [1.165, 1.54) is 18.6 Å². The molecule has 0 radical (unpaired) electrons. The van der Waals surface area contributed by atoms with Crippen molar-refractivity contribution in [2.24, 2.45) is 11.8 Å². The average molecular weight is 264 g/mol. The van der Waals surface area contributed by atoms with Crippen molar-refractivity contribution in [2.45, 2.75) is 58.5 Å². The quantitative estimate of drug-likeness (QED) is 0.848. The molecule has 0 heterocycles. The van der Waals surface area contributed by atoms with Crippen LogP contribution in [0.1, 0.15) is 57.1 Å². The Hall–Kier alpha value is -0.890. The number of halogens is 1. The maximum absolute atomic E-state index is 13.5. The second-order valence-electron chi connectivity index (χ2n) is 6.64. The van der Waals surface area contributed by atoms with Gasteiger partial charge in [-0.1, -0.05) is 26.3 Å². The Bertz CT molecular complexity index is 421. The molecule has 2 heteroatoms. The monoisotopic (exact) mass is 264 g/mol. The molecule has 0 amide bonds. The number of benzene rings is 1. The smallest absolute Gasteiger partial charge is 0.123 e. The summed E-state index contributed by atoms with van der Waals surface area (Å²) in [6.45, 7) is 6.32. The highest BCUT2D eigenvalue weighted by atomic mass is 19.1.